The summed E-state index contributed by atoms with van der Waals surface area (Å²) in [7, 11) is 0. The van der Waals surface area contributed by atoms with Crippen LogP contribution in [0.3, 0.4) is 0 Å². The van der Waals surface area contributed by atoms with E-state index in [0.29, 0.717) is 5.92 Å². The largest absolute Gasteiger partial charge is 0.480 e. The van der Waals surface area contributed by atoms with Gasteiger partial charge >= 0.3 is 5.97 Å². The van der Waals surface area contributed by atoms with E-state index in [-0.39, 0.29) is 0 Å². The van der Waals surface area contributed by atoms with Gasteiger partial charge in [0, 0.05) is 5.69 Å². The van der Waals surface area contributed by atoms with E-state index < -0.39 is 11.5 Å². The summed E-state index contributed by atoms with van der Waals surface area (Å²) in [6, 6.07) is 8.26. The van der Waals surface area contributed by atoms with Crippen molar-refractivity contribution in [2.24, 2.45) is 0 Å². The Kier molecular flexibility index (Phi) is 4.13. The summed E-state index contributed by atoms with van der Waals surface area (Å²) in [5.74, 6) is -0.154. The number of carboxylic acids is 1. The average molecular weight is 261 g/mol. The molecule has 1 aromatic rings. The molecule has 1 saturated carbocycles. The molecule has 0 heterocycles. The minimum Gasteiger partial charge on any atom is -0.480 e. The lowest BCUT2D eigenvalue weighted by atomic mass is 9.84. The van der Waals surface area contributed by atoms with Crippen LogP contribution in [0, 0.1) is 0 Å². The Morgan fingerprint density at radius 1 is 1.16 bits per heavy atom. The van der Waals surface area contributed by atoms with Crippen molar-refractivity contribution in [2.45, 2.75) is 57.4 Å². The fourth-order valence-electron chi connectivity index (χ4n) is 2.69. The van der Waals surface area contributed by atoms with Crippen molar-refractivity contribution in [1.82, 2.24) is 0 Å². The van der Waals surface area contributed by atoms with Gasteiger partial charge in [-0.3, -0.25) is 0 Å². The van der Waals surface area contributed by atoms with Gasteiger partial charge in [0.25, 0.3) is 0 Å². The van der Waals surface area contributed by atoms with Gasteiger partial charge in [0.2, 0.25) is 0 Å². The first-order valence-electron chi connectivity index (χ1n) is 7.10. The maximum absolute atomic E-state index is 11.1. The van der Waals surface area contributed by atoms with E-state index >= 15 is 0 Å². The van der Waals surface area contributed by atoms with Crippen molar-refractivity contribution >= 4 is 11.7 Å². The molecule has 0 bridgehead atoms. The van der Waals surface area contributed by atoms with E-state index in [9.17, 15) is 4.79 Å². The molecule has 1 aliphatic carbocycles. The van der Waals surface area contributed by atoms with E-state index in [1.807, 2.05) is 12.1 Å². The topological polar surface area (TPSA) is 49.3 Å². The molecule has 0 spiro atoms. The molecule has 2 rings (SSSR count). The number of carboxylic acid groups (broad SMARTS) is 1. The van der Waals surface area contributed by atoms with Crippen molar-refractivity contribution < 1.29 is 9.90 Å². The third-order valence-corrected chi connectivity index (χ3v) is 3.98. The van der Waals surface area contributed by atoms with Crippen molar-refractivity contribution in [1.29, 1.82) is 0 Å². The summed E-state index contributed by atoms with van der Waals surface area (Å²) in [6.07, 6.45) is 6.59. The third kappa shape index (κ3) is 3.49. The second kappa shape index (κ2) is 5.64. The number of carbonyl (C=O) groups is 1. The first kappa shape index (κ1) is 13.9. The summed E-state index contributed by atoms with van der Waals surface area (Å²) in [6.45, 7) is 3.34. The Morgan fingerprint density at radius 3 is 2.26 bits per heavy atom. The predicted octanol–water partition coefficient (Wildman–Crippen LogP) is 4.01. The van der Waals surface area contributed by atoms with E-state index in [1.165, 1.54) is 37.7 Å². The molecule has 3 heteroatoms. The van der Waals surface area contributed by atoms with Crippen LogP contribution in [-0.4, -0.2) is 16.6 Å². The van der Waals surface area contributed by atoms with Gasteiger partial charge in [-0.1, -0.05) is 31.4 Å². The Labute approximate surface area is 115 Å². The van der Waals surface area contributed by atoms with Gasteiger partial charge in [-0.15, -0.1) is 0 Å². The van der Waals surface area contributed by atoms with Crippen LogP contribution in [0.15, 0.2) is 24.3 Å². The van der Waals surface area contributed by atoms with Gasteiger partial charge < -0.3 is 10.4 Å². The first-order chi connectivity index (χ1) is 8.99. The summed E-state index contributed by atoms with van der Waals surface area (Å²) < 4.78 is 0. The second-order valence-electron chi connectivity index (χ2n) is 6.01. The minimum absolute atomic E-state index is 0.690. The Morgan fingerprint density at radius 2 is 1.74 bits per heavy atom. The number of hydrogen-bond donors (Lipinski definition) is 2. The van der Waals surface area contributed by atoms with Crippen LogP contribution >= 0.6 is 0 Å². The highest BCUT2D eigenvalue weighted by Gasteiger charge is 2.26. The van der Waals surface area contributed by atoms with Gasteiger partial charge in [-0.25, -0.2) is 4.79 Å². The third-order valence-electron chi connectivity index (χ3n) is 3.98. The van der Waals surface area contributed by atoms with Crippen LogP contribution in [0.1, 0.15) is 57.4 Å². The van der Waals surface area contributed by atoms with Crippen LogP contribution in [0.5, 0.6) is 0 Å². The highest BCUT2D eigenvalue weighted by atomic mass is 16.4. The molecule has 1 aromatic carbocycles. The Balaban J connectivity index is 2.04. The fourth-order valence-corrected chi connectivity index (χ4v) is 2.69. The van der Waals surface area contributed by atoms with Gasteiger partial charge in [0.15, 0.2) is 0 Å². The molecular weight excluding hydrogens is 238 g/mol. The number of rotatable bonds is 4. The molecule has 0 aromatic heterocycles. The highest BCUT2D eigenvalue weighted by molar-refractivity contribution is 5.81. The standard InChI is InChI=1S/C16H23NO2/c1-16(2,15(18)19)17-14-10-8-13(9-11-14)12-6-4-3-5-7-12/h8-12,17H,3-7H2,1-2H3,(H,18,19). The van der Waals surface area contributed by atoms with E-state index in [2.05, 4.69) is 17.4 Å². The van der Waals surface area contributed by atoms with Crippen molar-refractivity contribution in [3.05, 3.63) is 29.8 Å². The van der Waals surface area contributed by atoms with E-state index in [0.717, 1.165) is 5.69 Å². The van der Waals surface area contributed by atoms with Gasteiger partial charge in [0.05, 0.1) is 0 Å². The summed E-state index contributed by atoms with van der Waals surface area (Å²) in [5, 5.41) is 12.1. The molecule has 0 atom stereocenters. The molecule has 19 heavy (non-hydrogen) atoms. The lowest BCUT2D eigenvalue weighted by molar-refractivity contribution is -0.141. The SMILES string of the molecule is CC(C)(Nc1ccc(C2CCCCC2)cc1)C(=O)O. The minimum atomic E-state index is -0.938. The fraction of sp³-hybridized carbons (Fsp3) is 0.562. The molecular formula is C16H23NO2. The first-order valence-corrected chi connectivity index (χ1v) is 7.10. The summed E-state index contributed by atoms with van der Waals surface area (Å²) in [5.41, 5.74) is 1.32. The number of benzene rings is 1. The van der Waals surface area contributed by atoms with Crippen molar-refractivity contribution in [2.75, 3.05) is 5.32 Å². The number of hydrogen-bond acceptors (Lipinski definition) is 2. The molecule has 1 aliphatic rings. The van der Waals surface area contributed by atoms with Crippen LogP contribution < -0.4 is 5.32 Å². The molecule has 0 amide bonds. The van der Waals surface area contributed by atoms with Crippen LogP contribution in [0.25, 0.3) is 0 Å². The zero-order valence-electron chi connectivity index (χ0n) is 11.8. The molecule has 104 valence electrons. The van der Waals surface area contributed by atoms with E-state index in [4.69, 9.17) is 5.11 Å². The lowest BCUT2D eigenvalue weighted by Gasteiger charge is -2.24. The number of anilines is 1. The summed E-state index contributed by atoms with van der Waals surface area (Å²) in [4.78, 5) is 11.1. The zero-order valence-corrected chi connectivity index (χ0v) is 11.8. The van der Waals surface area contributed by atoms with Crippen LogP contribution in [0.2, 0.25) is 0 Å². The number of aliphatic carboxylic acids is 1. The second-order valence-corrected chi connectivity index (χ2v) is 6.01. The van der Waals surface area contributed by atoms with E-state index in [1.54, 1.807) is 13.8 Å². The van der Waals surface area contributed by atoms with Crippen molar-refractivity contribution in [3.63, 3.8) is 0 Å². The normalized spacial score (nSPS) is 17.2. The molecule has 0 saturated heterocycles. The lowest BCUT2D eigenvalue weighted by Crippen LogP contribution is -2.39. The molecule has 3 nitrogen and oxygen atoms in total. The monoisotopic (exact) mass is 261 g/mol. The quantitative estimate of drug-likeness (QED) is 0.861. The van der Waals surface area contributed by atoms with Gasteiger partial charge in [-0.05, 0) is 50.3 Å². The molecule has 1 fully saturated rings. The summed E-state index contributed by atoms with van der Waals surface area (Å²) >= 11 is 0. The Bertz CT molecular complexity index is 431. The smallest absolute Gasteiger partial charge is 0.328 e. The molecule has 0 radical (unpaired) electrons. The Hall–Kier alpha value is -1.51. The predicted molar refractivity (Wildman–Crippen MR) is 77.6 cm³/mol. The molecule has 0 unspecified atom stereocenters. The zero-order chi connectivity index (χ0) is 13.9. The highest BCUT2D eigenvalue weighted by Crippen LogP contribution is 2.33. The molecule has 2 N–H and O–H groups in total. The van der Waals surface area contributed by atoms with Crippen LogP contribution in [0.4, 0.5) is 5.69 Å². The van der Waals surface area contributed by atoms with Gasteiger partial charge in [-0.2, -0.15) is 0 Å². The van der Waals surface area contributed by atoms with Crippen molar-refractivity contribution in [3.8, 4) is 0 Å². The molecule has 0 aliphatic heterocycles. The average Bonchev–Trinajstić information content (AvgIpc) is 2.40. The van der Waals surface area contributed by atoms with Gasteiger partial charge in [0.1, 0.15) is 5.54 Å². The van der Waals surface area contributed by atoms with Crippen LogP contribution in [-0.2, 0) is 4.79 Å². The maximum Gasteiger partial charge on any atom is 0.328 e. The maximum atomic E-state index is 11.1. The number of nitrogens with one attached hydrogen (secondary N) is 1.